The molecular weight excluding hydrogens is 388 g/mol. The van der Waals surface area contributed by atoms with Crippen LogP contribution in [0.15, 0.2) is 48.7 Å². The molecule has 0 atom stereocenters. The molecule has 0 radical (unpaired) electrons. The predicted octanol–water partition coefficient (Wildman–Crippen LogP) is 5.51. The van der Waals surface area contributed by atoms with E-state index in [0.717, 1.165) is 26.8 Å². The highest BCUT2D eigenvalue weighted by Crippen LogP contribution is 2.32. The molecule has 0 saturated heterocycles. The van der Waals surface area contributed by atoms with Gasteiger partial charge in [-0.25, -0.2) is 9.97 Å². The summed E-state index contributed by atoms with van der Waals surface area (Å²) >= 11 is 2.81. The Morgan fingerprint density at radius 2 is 1.75 bits per heavy atom. The molecule has 0 spiro atoms. The minimum Gasteiger partial charge on any atom is -0.297 e. The second-order valence-corrected chi connectivity index (χ2v) is 8.59. The number of hydrogen-bond acceptors (Lipinski definition) is 6. The van der Waals surface area contributed by atoms with Crippen molar-refractivity contribution in [3.63, 3.8) is 0 Å². The summed E-state index contributed by atoms with van der Waals surface area (Å²) in [6, 6.07) is 13.9. The number of nitrogens with zero attached hydrogens (tertiary/aromatic N) is 3. The molecule has 28 heavy (non-hydrogen) atoms. The van der Waals surface area contributed by atoms with E-state index in [1.807, 2.05) is 32.0 Å². The van der Waals surface area contributed by atoms with E-state index in [2.05, 4.69) is 51.5 Å². The largest absolute Gasteiger partial charge is 0.297 e. The van der Waals surface area contributed by atoms with Gasteiger partial charge in [0.2, 0.25) is 0 Å². The third kappa shape index (κ3) is 3.72. The van der Waals surface area contributed by atoms with E-state index < -0.39 is 0 Å². The maximum atomic E-state index is 12.8. The second-order valence-electron chi connectivity index (χ2n) is 6.39. The van der Waals surface area contributed by atoms with Crippen LogP contribution in [0.3, 0.4) is 0 Å². The number of rotatable bonds is 4. The lowest BCUT2D eigenvalue weighted by Crippen LogP contribution is -2.11. The molecular formula is C21H18N4OS2. The first-order valence-corrected chi connectivity index (χ1v) is 10.4. The average Bonchev–Trinajstić information content (AvgIpc) is 3.26. The van der Waals surface area contributed by atoms with Crippen LogP contribution in [0.1, 0.15) is 25.8 Å². The normalized spacial score (nSPS) is 10.8. The molecule has 1 aromatic carbocycles. The van der Waals surface area contributed by atoms with Gasteiger partial charge in [0.15, 0.2) is 5.13 Å². The third-order valence-corrected chi connectivity index (χ3v) is 6.29. The Labute approximate surface area is 171 Å². The molecule has 0 fully saturated rings. The number of benzene rings is 1. The fourth-order valence-corrected chi connectivity index (χ4v) is 4.56. The van der Waals surface area contributed by atoms with Gasteiger partial charge in [-0.1, -0.05) is 35.9 Å². The minimum atomic E-state index is -0.193. The molecule has 0 aliphatic carbocycles. The van der Waals surface area contributed by atoms with E-state index in [-0.39, 0.29) is 5.91 Å². The summed E-state index contributed by atoms with van der Waals surface area (Å²) in [5.41, 5.74) is 4.60. The van der Waals surface area contributed by atoms with Crippen LogP contribution in [-0.4, -0.2) is 20.9 Å². The quantitative estimate of drug-likeness (QED) is 0.485. The molecule has 0 aliphatic rings. The monoisotopic (exact) mass is 406 g/mol. The number of aryl methyl sites for hydroxylation is 3. The van der Waals surface area contributed by atoms with Gasteiger partial charge in [0.25, 0.3) is 5.91 Å². The summed E-state index contributed by atoms with van der Waals surface area (Å²) < 4.78 is 0. The predicted molar refractivity (Wildman–Crippen MR) is 115 cm³/mol. The van der Waals surface area contributed by atoms with Crippen LogP contribution in [0.2, 0.25) is 0 Å². The Kier molecular flexibility index (Phi) is 5.02. The van der Waals surface area contributed by atoms with Gasteiger partial charge in [-0.3, -0.25) is 15.1 Å². The van der Waals surface area contributed by atoms with Crippen molar-refractivity contribution < 1.29 is 4.79 Å². The molecule has 0 bridgehead atoms. The van der Waals surface area contributed by atoms with E-state index in [4.69, 9.17) is 0 Å². The van der Waals surface area contributed by atoms with Gasteiger partial charge in [0.05, 0.1) is 17.1 Å². The third-order valence-electron chi connectivity index (χ3n) is 4.23. The first kappa shape index (κ1) is 18.5. The molecule has 1 N–H and O–H groups in total. The Morgan fingerprint density at radius 1 is 0.964 bits per heavy atom. The molecule has 0 aliphatic heterocycles. The van der Waals surface area contributed by atoms with Gasteiger partial charge in [0, 0.05) is 16.6 Å². The van der Waals surface area contributed by atoms with Crippen LogP contribution in [0.4, 0.5) is 5.13 Å². The van der Waals surface area contributed by atoms with Gasteiger partial charge in [-0.2, -0.15) is 0 Å². The van der Waals surface area contributed by atoms with Gasteiger partial charge in [-0.15, -0.1) is 22.7 Å². The van der Waals surface area contributed by atoms with E-state index >= 15 is 0 Å². The molecule has 140 valence electrons. The maximum Gasteiger partial charge on any atom is 0.269 e. The summed E-state index contributed by atoms with van der Waals surface area (Å²) in [6.07, 6.45) is 1.72. The number of hydrogen-bond donors (Lipinski definition) is 1. The Morgan fingerprint density at radius 3 is 2.46 bits per heavy atom. The van der Waals surface area contributed by atoms with Crippen molar-refractivity contribution in [1.29, 1.82) is 0 Å². The first-order valence-electron chi connectivity index (χ1n) is 8.76. The van der Waals surface area contributed by atoms with E-state index in [9.17, 15) is 4.79 Å². The van der Waals surface area contributed by atoms with Crippen molar-refractivity contribution in [2.45, 2.75) is 20.8 Å². The van der Waals surface area contributed by atoms with Crippen LogP contribution in [0.5, 0.6) is 0 Å². The lowest BCUT2D eigenvalue weighted by Gasteiger charge is -2.00. The number of nitrogens with one attached hydrogen (secondary N) is 1. The zero-order valence-electron chi connectivity index (χ0n) is 15.7. The standard InChI is InChI=1S/C21H18N4OS2/c1-12-7-9-15(10-8-12)17-14(3)27-21(24-17)25-19(26)18-13(2)23-20(28-18)16-6-4-5-11-22-16/h4-11H,1-3H3,(H,24,25,26). The first-order chi connectivity index (χ1) is 13.5. The van der Waals surface area contributed by atoms with Gasteiger partial charge in [-0.05, 0) is 32.9 Å². The highest BCUT2D eigenvalue weighted by Gasteiger charge is 2.19. The average molecular weight is 407 g/mol. The zero-order valence-corrected chi connectivity index (χ0v) is 17.3. The molecule has 5 nitrogen and oxygen atoms in total. The second kappa shape index (κ2) is 7.61. The van der Waals surface area contributed by atoms with Gasteiger partial charge < -0.3 is 0 Å². The highest BCUT2D eigenvalue weighted by molar-refractivity contribution is 7.18. The van der Waals surface area contributed by atoms with Crippen molar-refractivity contribution in [2.24, 2.45) is 0 Å². The molecule has 7 heteroatoms. The lowest BCUT2D eigenvalue weighted by molar-refractivity contribution is 0.103. The number of pyridine rings is 1. The Balaban J connectivity index is 1.57. The van der Waals surface area contributed by atoms with Gasteiger partial charge in [0.1, 0.15) is 9.88 Å². The number of aromatic nitrogens is 3. The number of carbonyl (C=O) groups excluding carboxylic acids is 1. The summed E-state index contributed by atoms with van der Waals surface area (Å²) in [5.74, 6) is -0.193. The lowest BCUT2D eigenvalue weighted by atomic mass is 10.1. The van der Waals surface area contributed by atoms with Crippen LogP contribution in [0, 0.1) is 20.8 Å². The van der Waals surface area contributed by atoms with Crippen LogP contribution < -0.4 is 5.32 Å². The number of thiazole rings is 2. The van der Waals surface area contributed by atoms with Crippen molar-refractivity contribution >= 4 is 33.7 Å². The Hall–Kier alpha value is -2.90. The van der Waals surface area contributed by atoms with Crippen molar-refractivity contribution in [3.8, 4) is 22.0 Å². The summed E-state index contributed by atoms with van der Waals surface area (Å²) in [5, 5.41) is 4.25. The zero-order chi connectivity index (χ0) is 19.7. The summed E-state index contributed by atoms with van der Waals surface area (Å²) in [7, 11) is 0. The molecule has 3 heterocycles. The van der Waals surface area contributed by atoms with E-state index in [1.165, 1.54) is 28.2 Å². The maximum absolute atomic E-state index is 12.8. The molecule has 4 rings (SSSR count). The topological polar surface area (TPSA) is 67.8 Å². The van der Waals surface area contributed by atoms with Crippen molar-refractivity contribution in [2.75, 3.05) is 5.32 Å². The van der Waals surface area contributed by atoms with Crippen LogP contribution in [-0.2, 0) is 0 Å². The molecule has 4 aromatic rings. The molecule has 1 amide bonds. The Bertz CT molecular complexity index is 1130. The van der Waals surface area contributed by atoms with Gasteiger partial charge >= 0.3 is 0 Å². The number of anilines is 1. The van der Waals surface area contributed by atoms with Crippen molar-refractivity contribution in [1.82, 2.24) is 15.0 Å². The van der Waals surface area contributed by atoms with E-state index in [1.54, 1.807) is 6.20 Å². The van der Waals surface area contributed by atoms with Crippen LogP contribution in [0.25, 0.3) is 22.0 Å². The van der Waals surface area contributed by atoms with Crippen molar-refractivity contribution in [3.05, 3.63) is 69.7 Å². The molecule has 3 aromatic heterocycles. The number of amides is 1. The minimum absolute atomic E-state index is 0.193. The highest BCUT2D eigenvalue weighted by atomic mass is 32.1. The molecule has 0 unspecified atom stereocenters. The van der Waals surface area contributed by atoms with Crippen LogP contribution >= 0.6 is 22.7 Å². The fourth-order valence-electron chi connectivity index (χ4n) is 2.79. The smallest absolute Gasteiger partial charge is 0.269 e. The summed E-state index contributed by atoms with van der Waals surface area (Å²) in [4.78, 5) is 27.9. The SMILES string of the molecule is Cc1ccc(-c2nc(NC(=O)c3sc(-c4ccccn4)nc3C)sc2C)cc1. The summed E-state index contributed by atoms with van der Waals surface area (Å²) in [6.45, 7) is 5.91. The molecule has 0 saturated carbocycles. The number of carbonyl (C=O) groups is 1. The van der Waals surface area contributed by atoms with E-state index in [0.29, 0.717) is 15.7 Å². The fraction of sp³-hybridized carbons (Fsp3) is 0.143.